The molecule has 0 saturated heterocycles. The molecule has 24 heavy (non-hydrogen) atoms. The number of pyridine rings is 2. The van der Waals surface area contributed by atoms with Gasteiger partial charge >= 0.3 is 99.9 Å². The van der Waals surface area contributed by atoms with E-state index < -0.39 is 35.3 Å². The minimum absolute atomic E-state index is 0.0810. The number of hydrogen-bond acceptors (Lipinski definition) is 3. The molecule has 0 amide bonds. The fourth-order valence-corrected chi connectivity index (χ4v) is 3.78. The molecule has 2 heterocycles. The van der Waals surface area contributed by atoms with Crippen LogP contribution in [0.4, 0.5) is 8.78 Å². The van der Waals surface area contributed by atoms with Crippen molar-refractivity contribution in [3.63, 3.8) is 0 Å². The molecule has 3 rings (SSSR count). The smallest absolute Gasteiger partial charge is 0.354 e. The van der Waals surface area contributed by atoms with Gasteiger partial charge in [0.25, 0.3) is 0 Å². The number of aromatic nitrogens is 2. The number of carboxylic acid groups (broad SMARTS) is 1. The first-order valence-electron chi connectivity index (χ1n) is 6.67. The summed E-state index contributed by atoms with van der Waals surface area (Å²) in [5, 5.41) is 8.32. The third-order valence-corrected chi connectivity index (χ3v) is 5.48. The van der Waals surface area contributed by atoms with Crippen molar-refractivity contribution in [1.29, 1.82) is 0 Å². The molecule has 2 aromatic heterocycles. The van der Waals surface area contributed by atoms with Crippen LogP contribution in [0.3, 0.4) is 0 Å². The number of nitrogens with zero attached hydrogens (tertiary/aromatic N) is 2. The Morgan fingerprint density at radius 2 is 1.67 bits per heavy atom. The van der Waals surface area contributed by atoms with Gasteiger partial charge in [-0.25, -0.2) is 9.78 Å². The van der Waals surface area contributed by atoms with Crippen LogP contribution in [0.2, 0.25) is 0 Å². The van der Waals surface area contributed by atoms with E-state index in [1.807, 2.05) is 18.2 Å². The Kier molecular flexibility index (Phi) is 6.66. The summed E-state index contributed by atoms with van der Waals surface area (Å²) in [6.45, 7) is 0. The molecule has 1 N–H and O–H groups in total. The van der Waals surface area contributed by atoms with Crippen LogP contribution in [0, 0.1) is 11.6 Å². The molecule has 0 unspecified atom stereocenters. The van der Waals surface area contributed by atoms with Crippen LogP contribution in [0.25, 0.3) is 0 Å². The predicted octanol–water partition coefficient (Wildman–Crippen LogP) is 2.17. The second-order valence-corrected chi connectivity index (χ2v) is 7.38. The number of benzene rings is 1. The van der Waals surface area contributed by atoms with E-state index in [1.165, 1.54) is 24.4 Å². The molecule has 0 saturated carbocycles. The third-order valence-electron chi connectivity index (χ3n) is 2.54. The van der Waals surface area contributed by atoms with Crippen LogP contribution in [0.1, 0.15) is 10.5 Å². The number of halogens is 2. The quantitative estimate of drug-likeness (QED) is 0.592. The van der Waals surface area contributed by atoms with E-state index in [0.717, 1.165) is 10.3 Å². The van der Waals surface area contributed by atoms with Crippen LogP contribution < -0.4 is 8.29 Å². The molecule has 0 spiro atoms. The summed E-state index contributed by atoms with van der Waals surface area (Å²) in [6.07, 6.45) is 3.13. The van der Waals surface area contributed by atoms with Gasteiger partial charge in [0.2, 0.25) is 0 Å². The van der Waals surface area contributed by atoms with Crippen molar-refractivity contribution in [1.82, 2.24) is 9.97 Å². The molecule has 0 aliphatic rings. The fraction of sp³-hybridized carbons (Fsp3) is 0. The number of carbonyl (C=O) groups is 1. The van der Waals surface area contributed by atoms with Crippen LogP contribution in [0.5, 0.6) is 0 Å². The summed E-state index contributed by atoms with van der Waals surface area (Å²) in [6, 6.07) is 14.0. The van der Waals surface area contributed by atoms with Crippen molar-refractivity contribution >= 4 is 14.3 Å². The monoisotopic (exact) mass is 507 g/mol. The van der Waals surface area contributed by atoms with Gasteiger partial charge in [0.05, 0.1) is 0 Å². The average molecular weight is 507 g/mol. The van der Waals surface area contributed by atoms with Gasteiger partial charge in [-0.05, 0) is 12.1 Å². The van der Waals surface area contributed by atoms with E-state index in [1.54, 1.807) is 18.3 Å². The number of hydrogen-bond donors (Lipinski definition) is 1. The fourth-order valence-electron chi connectivity index (χ4n) is 1.50. The Bertz CT molecular complexity index is 802. The predicted molar refractivity (Wildman–Crippen MR) is 81.1 cm³/mol. The maximum atomic E-state index is 13.3. The van der Waals surface area contributed by atoms with Crippen LogP contribution in [-0.2, 0) is 17.7 Å². The van der Waals surface area contributed by atoms with E-state index in [4.69, 9.17) is 5.11 Å². The number of rotatable bonds is 3. The number of carboxylic acids is 1. The van der Waals surface area contributed by atoms with Gasteiger partial charge < -0.3 is 5.11 Å². The molecule has 1 aromatic carbocycles. The Hall–Kier alpha value is -2.50. The molecule has 0 aliphatic heterocycles. The molecule has 4 nitrogen and oxygen atoms in total. The second-order valence-electron chi connectivity index (χ2n) is 4.27. The minimum atomic E-state index is -0.990. The van der Waals surface area contributed by atoms with E-state index in [0.29, 0.717) is 4.08 Å². The topological polar surface area (TPSA) is 63.1 Å². The Balaban J connectivity index is 0.000000198. The van der Waals surface area contributed by atoms with Crippen molar-refractivity contribution in [3.8, 4) is 0 Å². The van der Waals surface area contributed by atoms with Crippen molar-refractivity contribution < 1.29 is 36.4 Å². The standard InChI is InChI=1S/C6H3F2.C6H5NO2.C5H4N.Ir/c7-5-2-1-3-6(8)4-5;8-6(9)5-3-1-2-4-7-5;1-2-4-6-5-3-1;/h1-2,4H;1-4H,(H,8,9);1-4H;. The van der Waals surface area contributed by atoms with Gasteiger partial charge in [-0.15, -0.1) is 0 Å². The molecule has 125 valence electrons. The van der Waals surface area contributed by atoms with Gasteiger partial charge in [0, 0.05) is 6.20 Å². The molecule has 0 bridgehead atoms. The summed E-state index contributed by atoms with van der Waals surface area (Å²) in [4.78, 5) is 17.8. The zero-order valence-corrected chi connectivity index (χ0v) is 14.6. The maximum absolute atomic E-state index is 13.3. The molecular weight excluding hydrogens is 494 g/mol. The Morgan fingerprint density at radius 3 is 2.17 bits per heavy atom. The van der Waals surface area contributed by atoms with Crippen LogP contribution in [0.15, 0.2) is 67.0 Å². The van der Waals surface area contributed by atoms with Crippen LogP contribution >= 0.6 is 0 Å². The van der Waals surface area contributed by atoms with E-state index >= 15 is 0 Å². The van der Waals surface area contributed by atoms with Gasteiger partial charge in [-0.1, -0.05) is 6.07 Å². The summed E-state index contributed by atoms with van der Waals surface area (Å²) in [5.41, 5.74) is 0.0810. The molecular formula is C17H12F2IrN2O2. The molecule has 3 aromatic rings. The van der Waals surface area contributed by atoms with E-state index in [-0.39, 0.29) is 5.69 Å². The Morgan fingerprint density at radius 1 is 0.958 bits per heavy atom. The SMILES string of the molecule is Fc1cc[c]([Ir][c]2ccccn2)c(F)c1.O=C(O)c1ccccn1. The summed E-state index contributed by atoms with van der Waals surface area (Å²) in [7, 11) is 0. The normalized spacial score (nSPS) is 9.92. The largest absolute Gasteiger partial charge is 0.477 e. The zero-order chi connectivity index (χ0) is 17.4. The van der Waals surface area contributed by atoms with Gasteiger partial charge in [-0.2, -0.15) is 0 Å². The first kappa shape index (κ1) is 17.8. The van der Waals surface area contributed by atoms with Gasteiger partial charge in [-0.3, -0.25) is 0 Å². The Labute approximate surface area is 145 Å². The molecule has 7 heteroatoms. The average Bonchev–Trinajstić information content (AvgIpc) is 2.60. The summed E-state index contributed by atoms with van der Waals surface area (Å²) in [5.74, 6) is -2.00. The van der Waals surface area contributed by atoms with E-state index in [9.17, 15) is 13.6 Å². The molecule has 0 radical (unpaired) electrons. The molecule has 0 atom stereocenters. The summed E-state index contributed by atoms with van der Waals surface area (Å²) < 4.78 is 27.4. The minimum Gasteiger partial charge on any atom is -0.477 e. The van der Waals surface area contributed by atoms with Crippen molar-refractivity contribution in [2.24, 2.45) is 0 Å². The van der Waals surface area contributed by atoms with Crippen molar-refractivity contribution in [2.75, 3.05) is 0 Å². The van der Waals surface area contributed by atoms with E-state index in [2.05, 4.69) is 9.97 Å². The molecule has 0 aliphatic carbocycles. The van der Waals surface area contributed by atoms with Crippen LogP contribution in [-0.4, -0.2) is 21.0 Å². The second kappa shape index (κ2) is 8.96. The third kappa shape index (κ3) is 5.61. The number of aromatic carboxylic acids is 1. The zero-order valence-electron chi connectivity index (χ0n) is 12.2. The van der Waals surface area contributed by atoms with Crippen molar-refractivity contribution in [2.45, 2.75) is 0 Å². The van der Waals surface area contributed by atoms with Gasteiger partial charge in [0.15, 0.2) is 0 Å². The summed E-state index contributed by atoms with van der Waals surface area (Å²) >= 11 is -0.800. The first-order chi connectivity index (χ1) is 11.6. The first-order valence-corrected chi connectivity index (χ1v) is 9.06. The molecule has 0 fully saturated rings. The maximum Gasteiger partial charge on any atom is 0.354 e. The van der Waals surface area contributed by atoms with Crippen molar-refractivity contribution in [3.05, 3.63) is 84.3 Å². The van der Waals surface area contributed by atoms with Gasteiger partial charge in [0.1, 0.15) is 5.69 Å².